The first-order valence-electron chi connectivity index (χ1n) is 6.14. The fraction of sp³-hybridized carbons (Fsp3) is 0.385. The Bertz CT molecular complexity index is 612. The molecule has 18 heavy (non-hydrogen) atoms. The molecule has 5 nitrogen and oxygen atoms in total. The van der Waals surface area contributed by atoms with Gasteiger partial charge in [-0.05, 0) is 44.4 Å². The van der Waals surface area contributed by atoms with Crippen LogP contribution in [0.3, 0.4) is 0 Å². The number of aromatic amines is 1. The number of nitrogens with one attached hydrogen (secondary N) is 2. The molecule has 0 atom stereocenters. The lowest BCUT2D eigenvalue weighted by Gasteiger charge is -2.36. The fourth-order valence-corrected chi connectivity index (χ4v) is 2.26. The molecular formula is C13H16N4O. The molecule has 0 radical (unpaired) electrons. The van der Waals surface area contributed by atoms with Crippen molar-refractivity contribution < 1.29 is 4.79 Å². The van der Waals surface area contributed by atoms with Gasteiger partial charge in [0, 0.05) is 5.69 Å². The third-order valence-corrected chi connectivity index (χ3v) is 3.56. The summed E-state index contributed by atoms with van der Waals surface area (Å²) in [6.07, 6.45) is 2.57. The van der Waals surface area contributed by atoms with E-state index < -0.39 is 5.54 Å². The Morgan fingerprint density at radius 3 is 2.94 bits per heavy atom. The number of hydrogen-bond acceptors (Lipinski definition) is 3. The molecule has 0 bridgehead atoms. The van der Waals surface area contributed by atoms with Gasteiger partial charge in [-0.15, -0.1) is 0 Å². The predicted octanol–water partition coefficient (Wildman–Crippen LogP) is 1.69. The Morgan fingerprint density at radius 1 is 1.50 bits per heavy atom. The number of nitrogens with two attached hydrogens (primary N) is 1. The number of benzene rings is 1. The van der Waals surface area contributed by atoms with Crippen molar-refractivity contribution in [3.8, 4) is 0 Å². The number of nitrogens with zero attached hydrogens (tertiary/aromatic N) is 1. The monoisotopic (exact) mass is 244 g/mol. The fourth-order valence-electron chi connectivity index (χ4n) is 2.26. The van der Waals surface area contributed by atoms with Crippen LogP contribution in [0.4, 0.5) is 5.69 Å². The molecule has 94 valence electrons. The summed E-state index contributed by atoms with van der Waals surface area (Å²) in [4.78, 5) is 19.5. The van der Waals surface area contributed by atoms with Crippen molar-refractivity contribution in [2.75, 3.05) is 5.32 Å². The molecule has 1 saturated carbocycles. The molecule has 0 unspecified atom stereocenters. The van der Waals surface area contributed by atoms with Gasteiger partial charge >= 0.3 is 0 Å². The number of hydrogen-bond donors (Lipinski definition) is 3. The highest BCUT2D eigenvalue weighted by molar-refractivity contribution is 5.99. The molecule has 1 heterocycles. The van der Waals surface area contributed by atoms with Crippen LogP contribution >= 0.6 is 0 Å². The predicted molar refractivity (Wildman–Crippen MR) is 70.2 cm³/mol. The van der Waals surface area contributed by atoms with Gasteiger partial charge in [0.1, 0.15) is 5.82 Å². The summed E-state index contributed by atoms with van der Waals surface area (Å²) < 4.78 is 0. The number of imidazole rings is 1. The maximum absolute atomic E-state index is 12.0. The Hall–Kier alpha value is -1.88. The van der Waals surface area contributed by atoms with Crippen LogP contribution in [-0.4, -0.2) is 21.4 Å². The molecule has 1 fully saturated rings. The van der Waals surface area contributed by atoms with Crippen LogP contribution in [-0.2, 0) is 4.79 Å². The topological polar surface area (TPSA) is 83.8 Å². The highest BCUT2D eigenvalue weighted by atomic mass is 16.2. The van der Waals surface area contributed by atoms with Crippen LogP contribution < -0.4 is 11.1 Å². The first-order chi connectivity index (χ1) is 8.57. The lowest BCUT2D eigenvalue weighted by molar-refractivity contribution is -0.123. The molecule has 2 aromatic rings. The largest absolute Gasteiger partial charge is 0.342 e. The zero-order valence-corrected chi connectivity index (χ0v) is 10.3. The molecule has 1 aromatic heterocycles. The summed E-state index contributed by atoms with van der Waals surface area (Å²) >= 11 is 0. The van der Waals surface area contributed by atoms with E-state index in [1.807, 2.05) is 25.1 Å². The van der Waals surface area contributed by atoms with E-state index in [4.69, 9.17) is 5.73 Å². The average molecular weight is 244 g/mol. The molecule has 1 aliphatic rings. The Labute approximate surface area is 105 Å². The summed E-state index contributed by atoms with van der Waals surface area (Å²) in [6, 6.07) is 5.62. The van der Waals surface area contributed by atoms with Crippen LogP contribution in [0.1, 0.15) is 25.1 Å². The van der Waals surface area contributed by atoms with E-state index >= 15 is 0 Å². The minimum atomic E-state index is -0.668. The average Bonchev–Trinajstić information content (AvgIpc) is 2.65. The van der Waals surface area contributed by atoms with Gasteiger partial charge in [0.2, 0.25) is 5.91 Å². The van der Waals surface area contributed by atoms with Crippen molar-refractivity contribution in [3.63, 3.8) is 0 Å². The van der Waals surface area contributed by atoms with Crippen molar-refractivity contribution >= 4 is 22.6 Å². The van der Waals surface area contributed by atoms with Crippen molar-refractivity contribution in [3.05, 3.63) is 24.0 Å². The van der Waals surface area contributed by atoms with E-state index in [9.17, 15) is 4.79 Å². The first kappa shape index (κ1) is 11.2. The number of carbonyl (C=O) groups is 1. The van der Waals surface area contributed by atoms with Gasteiger partial charge in [-0.25, -0.2) is 4.98 Å². The van der Waals surface area contributed by atoms with Crippen molar-refractivity contribution in [2.45, 2.75) is 31.7 Å². The minimum absolute atomic E-state index is 0.0932. The van der Waals surface area contributed by atoms with Gasteiger partial charge in [-0.2, -0.15) is 0 Å². The van der Waals surface area contributed by atoms with Gasteiger partial charge in [-0.3, -0.25) is 4.79 Å². The normalized spacial score (nSPS) is 17.4. The number of carbonyl (C=O) groups excluding carboxylic acids is 1. The molecule has 0 spiro atoms. The van der Waals surface area contributed by atoms with E-state index in [0.717, 1.165) is 41.8 Å². The maximum atomic E-state index is 12.0. The van der Waals surface area contributed by atoms with Gasteiger partial charge < -0.3 is 16.0 Å². The van der Waals surface area contributed by atoms with Gasteiger partial charge in [-0.1, -0.05) is 0 Å². The van der Waals surface area contributed by atoms with Gasteiger partial charge in [0.05, 0.1) is 16.6 Å². The Morgan fingerprint density at radius 2 is 2.28 bits per heavy atom. The molecule has 5 heteroatoms. The number of H-pyrrole nitrogens is 1. The van der Waals surface area contributed by atoms with Crippen molar-refractivity contribution in [2.24, 2.45) is 5.73 Å². The molecule has 1 aromatic carbocycles. The number of aryl methyl sites for hydroxylation is 1. The molecule has 0 aliphatic heterocycles. The summed E-state index contributed by atoms with van der Waals surface area (Å²) in [5, 5.41) is 2.87. The molecule has 0 saturated heterocycles. The Balaban J connectivity index is 1.84. The van der Waals surface area contributed by atoms with Crippen LogP contribution in [0.15, 0.2) is 18.2 Å². The highest BCUT2D eigenvalue weighted by Crippen LogP contribution is 2.30. The number of amides is 1. The zero-order valence-electron chi connectivity index (χ0n) is 10.3. The van der Waals surface area contributed by atoms with Gasteiger partial charge in [0.25, 0.3) is 0 Å². The summed E-state index contributed by atoms with van der Waals surface area (Å²) in [6.45, 7) is 1.90. The van der Waals surface area contributed by atoms with Crippen LogP contribution in [0.2, 0.25) is 0 Å². The lowest BCUT2D eigenvalue weighted by Crippen LogP contribution is -2.56. The van der Waals surface area contributed by atoms with Crippen LogP contribution in [0.5, 0.6) is 0 Å². The smallest absolute Gasteiger partial charge is 0.244 e. The third-order valence-electron chi connectivity index (χ3n) is 3.56. The van der Waals surface area contributed by atoms with Gasteiger partial charge in [0.15, 0.2) is 0 Å². The van der Waals surface area contributed by atoms with E-state index in [1.165, 1.54) is 0 Å². The second-order valence-electron chi connectivity index (χ2n) is 5.02. The van der Waals surface area contributed by atoms with E-state index in [0.29, 0.717) is 0 Å². The molecule has 1 aliphatic carbocycles. The standard InChI is InChI=1S/C13H16N4O/c1-8-15-10-4-3-9(7-11(10)16-8)17-12(18)13(14)5-2-6-13/h3-4,7H,2,5-6,14H2,1H3,(H,15,16)(H,17,18). The van der Waals surface area contributed by atoms with E-state index in [-0.39, 0.29) is 5.91 Å². The van der Waals surface area contributed by atoms with Crippen LogP contribution in [0.25, 0.3) is 11.0 Å². The first-order valence-corrected chi connectivity index (χ1v) is 6.14. The number of aromatic nitrogens is 2. The quantitative estimate of drug-likeness (QED) is 0.751. The lowest BCUT2D eigenvalue weighted by atomic mass is 9.77. The van der Waals surface area contributed by atoms with Crippen LogP contribution in [0, 0.1) is 6.92 Å². The maximum Gasteiger partial charge on any atom is 0.244 e. The second kappa shape index (κ2) is 3.81. The minimum Gasteiger partial charge on any atom is -0.342 e. The number of rotatable bonds is 2. The summed E-state index contributed by atoms with van der Waals surface area (Å²) in [5.41, 5.74) is 7.89. The molecule has 1 amide bonds. The molecular weight excluding hydrogens is 228 g/mol. The van der Waals surface area contributed by atoms with E-state index in [2.05, 4.69) is 15.3 Å². The number of anilines is 1. The molecule has 4 N–H and O–H groups in total. The Kier molecular flexibility index (Phi) is 2.38. The highest BCUT2D eigenvalue weighted by Gasteiger charge is 2.40. The van der Waals surface area contributed by atoms with Crippen molar-refractivity contribution in [1.82, 2.24) is 9.97 Å². The van der Waals surface area contributed by atoms with E-state index in [1.54, 1.807) is 0 Å². The second-order valence-corrected chi connectivity index (χ2v) is 5.02. The zero-order chi connectivity index (χ0) is 12.8. The number of fused-ring (bicyclic) bond motifs is 1. The van der Waals surface area contributed by atoms with Crippen molar-refractivity contribution in [1.29, 1.82) is 0 Å². The molecule has 3 rings (SSSR count). The third kappa shape index (κ3) is 1.76. The SMILES string of the molecule is Cc1nc2ccc(NC(=O)C3(N)CCC3)cc2[nH]1. The summed E-state index contributed by atoms with van der Waals surface area (Å²) in [7, 11) is 0. The summed E-state index contributed by atoms with van der Waals surface area (Å²) in [5.74, 6) is 0.770.